The highest BCUT2D eigenvalue weighted by molar-refractivity contribution is 6.31. The van der Waals surface area contributed by atoms with Crippen molar-refractivity contribution < 1.29 is 13.7 Å². The standard InChI is InChI=1S/C12H16ClN3O3/c1-7(2)18-6-12(3,14)11-15-10(19-16-11)8-4-5-17-9(8)13/h4-5,7H,6,14H2,1-3H3. The molecule has 0 aliphatic carbocycles. The van der Waals surface area contributed by atoms with E-state index < -0.39 is 5.54 Å². The van der Waals surface area contributed by atoms with Crippen molar-refractivity contribution in [2.45, 2.75) is 32.4 Å². The minimum Gasteiger partial charge on any atom is -0.452 e. The summed E-state index contributed by atoms with van der Waals surface area (Å²) in [5.41, 5.74) is 5.84. The molecule has 2 N–H and O–H groups in total. The molecule has 0 radical (unpaired) electrons. The van der Waals surface area contributed by atoms with Crippen LogP contribution in [0.5, 0.6) is 0 Å². The summed E-state index contributed by atoms with van der Waals surface area (Å²) < 4.78 is 15.6. The molecule has 2 aromatic rings. The van der Waals surface area contributed by atoms with Crippen molar-refractivity contribution in [3.05, 3.63) is 23.4 Å². The molecule has 1 unspecified atom stereocenters. The van der Waals surface area contributed by atoms with Crippen molar-refractivity contribution in [2.75, 3.05) is 6.61 Å². The summed E-state index contributed by atoms with van der Waals surface area (Å²) in [5, 5.41) is 4.07. The minimum absolute atomic E-state index is 0.0811. The van der Waals surface area contributed by atoms with Crippen LogP contribution in [-0.2, 0) is 10.3 Å². The molecule has 0 saturated carbocycles. The Hall–Kier alpha value is -1.37. The molecule has 2 heterocycles. The van der Waals surface area contributed by atoms with Crippen molar-refractivity contribution in [2.24, 2.45) is 5.73 Å². The zero-order chi connectivity index (χ0) is 14.0. The van der Waals surface area contributed by atoms with Gasteiger partial charge in [0.15, 0.2) is 5.82 Å². The highest BCUT2D eigenvalue weighted by Gasteiger charge is 2.29. The molecule has 2 aromatic heterocycles. The number of halogens is 1. The predicted molar refractivity (Wildman–Crippen MR) is 69.6 cm³/mol. The lowest BCUT2D eigenvalue weighted by atomic mass is 10.1. The third-order valence-corrected chi connectivity index (χ3v) is 2.79. The van der Waals surface area contributed by atoms with E-state index in [9.17, 15) is 0 Å². The summed E-state index contributed by atoms with van der Waals surface area (Å²) in [5.74, 6) is 0.635. The quantitative estimate of drug-likeness (QED) is 0.908. The van der Waals surface area contributed by atoms with E-state index in [-0.39, 0.29) is 17.2 Å². The van der Waals surface area contributed by atoms with Gasteiger partial charge >= 0.3 is 0 Å². The van der Waals surface area contributed by atoms with Gasteiger partial charge in [0, 0.05) is 0 Å². The van der Waals surface area contributed by atoms with Gasteiger partial charge in [0.05, 0.1) is 24.5 Å². The highest BCUT2D eigenvalue weighted by Crippen LogP contribution is 2.28. The summed E-state index contributed by atoms with van der Waals surface area (Å²) in [4.78, 5) is 4.24. The average Bonchev–Trinajstić information content (AvgIpc) is 2.94. The Balaban J connectivity index is 2.19. The number of nitrogens with zero attached hydrogens (tertiary/aromatic N) is 2. The van der Waals surface area contributed by atoms with Gasteiger partial charge < -0.3 is 19.4 Å². The van der Waals surface area contributed by atoms with Crippen LogP contribution < -0.4 is 5.73 Å². The maximum Gasteiger partial charge on any atom is 0.262 e. The SMILES string of the molecule is CC(C)OCC(C)(N)c1noc(-c2ccoc2Cl)n1. The zero-order valence-electron chi connectivity index (χ0n) is 11.0. The molecular formula is C12H16ClN3O3. The smallest absolute Gasteiger partial charge is 0.262 e. The average molecular weight is 286 g/mol. The fourth-order valence-corrected chi connectivity index (χ4v) is 1.61. The maximum atomic E-state index is 6.12. The summed E-state index contributed by atoms with van der Waals surface area (Å²) in [6.45, 7) is 5.94. The second-order valence-electron chi connectivity index (χ2n) is 4.81. The molecule has 2 rings (SSSR count). The molecule has 19 heavy (non-hydrogen) atoms. The Morgan fingerprint density at radius 3 is 2.84 bits per heavy atom. The molecular weight excluding hydrogens is 270 g/mol. The van der Waals surface area contributed by atoms with Crippen molar-refractivity contribution in [1.82, 2.24) is 10.1 Å². The van der Waals surface area contributed by atoms with Crippen LogP contribution in [0.1, 0.15) is 26.6 Å². The Kier molecular flexibility index (Phi) is 3.93. The van der Waals surface area contributed by atoms with Crippen molar-refractivity contribution in [3.8, 4) is 11.5 Å². The van der Waals surface area contributed by atoms with Crippen LogP contribution in [0.4, 0.5) is 0 Å². The minimum atomic E-state index is -0.831. The number of hydrogen-bond acceptors (Lipinski definition) is 6. The Labute approximate surface area is 115 Å². The first kappa shape index (κ1) is 14.0. The van der Waals surface area contributed by atoms with Gasteiger partial charge in [0.25, 0.3) is 5.89 Å². The van der Waals surface area contributed by atoms with Crippen molar-refractivity contribution in [1.29, 1.82) is 0 Å². The van der Waals surface area contributed by atoms with Crippen LogP contribution >= 0.6 is 11.6 Å². The van der Waals surface area contributed by atoms with Gasteiger partial charge in [-0.15, -0.1) is 0 Å². The number of aromatic nitrogens is 2. The number of ether oxygens (including phenoxy) is 1. The van der Waals surface area contributed by atoms with Gasteiger partial charge in [-0.25, -0.2) is 0 Å². The van der Waals surface area contributed by atoms with Crippen LogP contribution in [-0.4, -0.2) is 22.9 Å². The maximum absolute atomic E-state index is 6.12. The van der Waals surface area contributed by atoms with Crippen LogP contribution in [0, 0.1) is 0 Å². The monoisotopic (exact) mass is 285 g/mol. The van der Waals surface area contributed by atoms with E-state index in [0.717, 1.165) is 0 Å². The first-order valence-electron chi connectivity index (χ1n) is 5.88. The van der Waals surface area contributed by atoms with Crippen molar-refractivity contribution in [3.63, 3.8) is 0 Å². The molecule has 0 bridgehead atoms. The normalized spacial score (nSPS) is 14.8. The molecule has 0 fully saturated rings. The second-order valence-corrected chi connectivity index (χ2v) is 5.15. The summed E-state index contributed by atoms with van der Waals surface area (Å²) in [6, 6.07) is 1.65. The van der Waals surface area contributed by atoms with E-state index in [2.05, 4.69) is 10.1 Å². The van der Waals surface area contributed by atoms with E-state index in [0.29, 0.717) is 18.0 Å². The van der Waals surface area contributed by atoms with E-state index >= 15 is 0 Å². The van der Waals surface area contributed by atoms with Crippen molar-refractivity contribution >= 4 is 11.6 Å². The van der Waals surface area contributed by atoms with Crippen LogP contribution in [0.2, 0.25) is 5.22 Å². The van der Waals surface area contributed by atoms with Gasteiger partial charge in [-0.05, 0) is 38.4 Å². The molecule has 0 aromatic carbocycles. The number of nitrogens with two attached hydrogens (primary N) is 1. The van der Waals surface area contributed by atoms with Gasteiger partial charge in [0.2, 0.25) is 5.22 Å². The van der Waals surface area contributed by atoms with Gasteiger partial charge in [0.1, 0.15) is 5.54 Å². The number of rotatable bonds is 5. The Morgan fingerprint density at radius 1 is 1.53 bits per heavy atom. The number of furan rings is 1. The topological polar surface area (TPSA) is 87.3 Å². The fraction of sp³-hybridized carbons (Fsp3) is 0.500. The van der Waals surface area contributed by atoms with Gasteiger partial charge in [-0.1, -0.05) is 5.16 Å². The predicted octanol–water partition coefficient (Wildman–Crippen LogP) is 2.58. The second kappa shape index (κ2) is 5.32. The molecule has 0 amide bonds. The largest absolute Gasteiger partial charge is 0.452 e. The Bertz CT molecular complexity index is 548. The summed E-state index contributed by atoms with van der Waals surface area (Å²) in [6.07, 6.45) is 1.53. The molecule has 1 atom stereocenters. The molecule has 104 valence electrons. The molecule has 0 spiro atoms. The lowest BCUT2D eigenvalue weighted by Gasteiger charge is -2.21. The van der Waals surface area contributed by atoms with E-state index in [1.807, 2.05) is 13.8 Å². The molecule has 0 saturated heterocycles. The first-order chi connectivity index (χ1) is 8.90. The highest BCUT2D eigenvalue weighted by atomic mass is 35.5. The zero-order valence-corrected chi connectivity index (χ0v) is 11.8. The molecule has 7 heteroatoms. The molecule has 0 aliphatic heterocycles. The van der Waals surface area contributed by atoms with Crippen LogP contribution in [0.3, 0.4) is 0 Å². The molecule has 0 aliphatic rings. The lowest BCUT2D eigenvalue weighted by Crippen LogP contribution is -2.40. The van der Waals surface area contributed by atoms with E-state index in [4.69, 9.17) is 31.0 Å². The van der Waals surface area contributed by atoms with E-state index in [1.54, 1.807) is 13.0 Å². The first-order valence-corrected chi connectivity index (χ1v) is 6.26. The Morgan fingerprint density at radius 2 is 2.26 bits per heavy atom. The fourth-order valence-electron chi connectivity index (χ4n) is 1.42. The summed E-state index contributed by atoms with van der Waals surface area (Å²) >= 11 is 5.85. The number of hydrogen-bond donors (Lipinski definition) is 1. The van der Waals surface area contributed by atoms with E-state index in [1.165, 1.54) is 6.26 Å². The van der Waals surface area contributed by atoms with Gasteiger partial charge in [-0.3, -0.25) is 0 Å². The third-order valence-electron chi connectivity index (χ3n) is 2.50. The summed E-state index contributed by atoms with van der Waals surface area (Å²) in [7, 11) is 0. The van der Waals surface area contributed by atoms with Crippen LogP contribution in [0.25, 0.3) is 11.5 Å². The lowest BCUT2D eigenvalue weighted by molar-refractivity contribution is 0.0410. The molecule has 6 nitrogen and oxygen atoms in total. The third kappa shape index (κ3) is 3.15. The van der Waals surface area contributed by atoms with Gasteiger partial charge in [-0.2, -0.15) is 4.98 Å². The van der Waals surface area contributed by atoms with Crippen LogP contribution in [0.15, 0.2) is 21.3 Å².